The Hall–Kier alpha value is -1.11. The first-order chi connectivity index (χ1) is 8.69. The van der Waals surface area contributed by atoms with Gasteiger partial charge in [0.05, 0.1) is 16.2 Å². The van der Waals surface area contributed by atoms with Crippen LogP contribution in [-0.2, 0) is 9.84 Å². The number of sulfone groups is 1. The van der Waals surface area contributed by atoms with E-state index in [4.69, 9.17) is 21.8 Å². The van der Waals surface area contributed by atoms with Gasteiger partial charge in [-0.2, -0.15) is 0 Å². The maximum atomic E-state index is 12.2. The van der Waals surface area contributed by atoms with E-state index in [0.717, 1.165) is 0 Å². The second-order valence-corrected chi connectivity index (χ2v) is 6.89. The van der Waals surface area contributed by atoms with Crippen molar-refractivity contribution in [3.63, 3.8) is 0 Å². The highest BCUT2D eigenvalue weighted by atomic mass is 35.5. The fourth-order valence-electron chi connectivity index (χ4n) is 1.72. The summed E-state index contributed by atoms with van der Waals surface area (Å²) in [7, 11) is -3.69. The van der Waals surface area contributed by atoms with E-state index in [1.54, 1.807) is 6.92 Å². The first-order valence-corrected chi connectivity index (χ1v) is 7.59. The molecule has 1 atom stereocenters. The van der Waals surface area contributed by atoms with Crippen LogP contribution in [0, 0.1) is 12.8 Å². The molecule has 5 nitrogen and oxygen atoms in total. The number of carbonyl (C=O) groups is 1. The summed E-state index contributed by atoms with van der Waals surface area (Å²) in [6.07, 6.45) is 0. The molecule has 7 heteroatoms. The van der Waals surface area contributed by atoms with Crippen molar-refractivity contribution in [2.45, 2.75) is 18.7 Å². The lowest BCUT2D eigenvalue weighted by Crippen LogP contribution is -2.18. The van der Waals surface area contributed by atoms with Crippen LogP contribution < -0.4 is 0 Å². The fourth-order valence-corrected chi connectivity index (χ4v) is 3.92. The molecule has 1 rings (SSSR count). The summed E-state index contributed by atoms with van der Waals surface area (Å²) < 4.78 is 24.4. The Morgan fingerprint density at radius 1 is 1.42 bits per heavy atom. The van der Waals surface area contributed by atoms with Crippen LogP contribution in [0.15, 0.2) is 17.0 Å². The van der Waals surface area contributed by atoms with Gasteiger partial charge in [0, 0.05) is 11.6 Å². The summed E-state index contributed by atoms with van der Waals surface area (Å²) in [5.74, 6) is -1.92. The van der Waals surface area contributed by atoms with E-state index in [0.29, 0.717) is 0 Å². The summed E-state index contributed by atoms with van der Waals surface area (Å²) in [4.78, 5) is 10.9. The zero-order valence-electron chi connectivity index (χ0n) is 10.6. The Labute approximate surface area is 116 Å². The van der Waals surface area contributed by atoms with Gasteiger partial charge in [0.1, 0.15) is 0 Å². The predicted molar refractivity (Wildman–Crippen MR) is 71.5 cm³/mol. The lowest BCUT2D eigenvalue weighted by atomic mass is 10.1. The van der Waals surface area contributed by atoms with Crippen molar-refractivity contribution >= 4 is 27.4 Å². The number of rotatable bonds is 5. The molecule has 0 fully saturated rings. The molecule has 1 aromatic carbocycles. The Morgan fingerprint density at radius 2 is 2.00 bits per heavy atom. The van der Waals surface area contributed by atoms with E-state index in [-0.39, 0.29) is 33.4 Å². The summed E-state index contributed by atoms with van der Waals surface area (Å²) in [5.41, 5.74) is 0.0183. The van der Waals surface area contributed by atoms with Gasteiger partial charge in [0.2, 0.25) is 0 Å². The molecule has 0 bridgehead atoms. The van der Waals surface area contributed by atoms with Crippen molar-refractivity contribution in [1.29, 1.82) is 0 Å². The number of halogens is 1. The van der Waals surface area contributed by atoms with E-state index >= 15 is 0 Å². The molecule has 0 aliphatic heterocycles. The lowest BCUT2D eigenvalue weighted by molar-refractivity contribution is 0.0696. The van der Waals surface area contributed by atoms with E-state index in [1.807, 2.05) is 0 Å². The van der Waals surface area contributed by atoms with Crippen LogP contribution in [0.4, 0.5) is 0 Å². The average Bonchev–Trinajstić information content (AvgIpc) is 2.30. The van der Waals surface area contributed by atoms with Gasteiger partial charge >= 0.3 is 5.97 Å². The summed E-state index contributed by atoms with van der Waals surface area (Å²) in [6.45, 7) is 2.76. The van der Waals surface area contributed by atoms with Crippen LogP contribution >= 0.6 is 11.6 Å². The highest BCUT2D eigenvalue weighted by Gasteiger charge is 2.24. The van der Waals surface area contributed by atoms with Crippen molar-refractivity contribution in [1.82, 2.24) is 0 Å². The van der Waals surface area contributed by atoms with Crippen molar-refractivity contribution < 1.29 is 23.4 Å². The zero-order chi connectivity index (χ0) is 14.8. The van der Waals surface area contributed by atoms with Gasteiger partial charge in [0.15, 0.2) is 9.84 Å². The third-order valence-electron chi connectivity index (χ3n) is 2.71. The maximum absolute atomic E-state index is 12.2. The number of aromatic carboxylic acids is 1. The molecule has 0 radical (unpaired) electrons. The van der Waals surface area contributed by atoms with Gasteiger partial charge < -0.3 is 10.2 Å². The smallest absolute Gasteiger partial charge is 0.336 e. The van der Waals surface area contributed by atoms with Crippen molar-refractivity contribution in [3.8, 4) is 0 Å². The standard InChI is InChI=1S/C12H15ClO5S/c1-7(5-14)6-19(17,18)11-4-9(13)3-10(8(11)2)12(15)16/h3-4,7,14H,5-6H2,1-2H3,(H,15,16). The van der Waals surface area contributed by atoms with Crippen molar-refractivity contribution in [2.24, 2.45) is 5.92 Å². The quantitative estimate of drug-likeness (QED) is 0.864. The van der Waals surface area contributed by atoms with Crippen molar-refractivity contribution in [2.75, 3.05) is 12.4 Å². The topological polar surface area (TPSA) is 91.7 Å². The first kappa shape index (κ1) is 15.9. The Balaban J connectivity index is 3.39. The van der Waals surface area contributed by atoms with Crippen LogP contribution in [0.5, 0.6) is 0 Å². The molecule has 0 heterocycles. The molecule has 0 saturated heterocycles. The second kappa shape index (κ2) is 5.90. The van der Waals surface area contributed by atoms with E-state index < -0.39 is 21.7 Å². The van der Waals surface area contributed by atoms with Gasteiger partial charge in [-0.25, -0.2) is 13.2 Å². The second-order valence-electron chi connectivity index (χ2n) is 4.45. The molecule has 0 spiro atoms. The summed E-state index contributed by atoms with van der Waals surface area (Å²) >= 11 is 5.77. The number of carboxylic acid groups (broad SMARTS) is 1. The average molecular weight is 307 g/mol. The molecule has 19 heavy (non-hydrogen) atoms. The normalized spacial score (nSPS) is 13.3. The van der Waals surface area contributed by atoms with E-state index in [1.165, 1.54) is 19.1 Å². The van der Waals surface area contributed by atoms with Gasteiger partial charge in [-0.05, 0) is 30.5 Å². The molecular formula is C12H15ClO5S. The minimum atomic E-state index is -3.69. The fraction of sp³-hybridized carbons (Fsp3) is 0.417. The van der Waals surface area contributed by atoms with Crippen LogP contribution in [0.1, 0.15) is 22.8 Å². The highest BCUT2D eigenvalue weighted by molar-refractivity contribution is 7.91. The monoisotopic (exact) mass is 306 g/mol. The molecule has 0 aliphatic carbocycles. The Kier molecular flexibility index (Phi) is 4.95. The highest BCUT2D eigenvalue weighted by Crippen LogP contribution is 2.26. The minimum absolute atomic E-state index is 0.0539. The van der Waals surface area contributed by atoms with Gasteiger partial charge in [-0.15, -0.1) is 0 Å². The summed E-state index contributed by atoms with van der Waals surface area (Å²) in [6, 6.07) is 2.45. The van der Waals surface area contributed by atoms with Gasteiger partial charge in [-0.1, -0.05) is 18.5 Å². The number of carboxylic acids is 1. The van der Waals surface area contributed by atoms with Crippen LogP contribution in [0.2, 0.25) is 5.02 Å². The zero-order valence-corrected chi connectivity index (χ0v) is 12.1. The molecule has 0 aromatic heterocycles. The molecule has 0 saturated carbocycles. The third kappa shape index (κ3) is 3.68. The molecule has 1 aromatic rings. The number of aliphatic hydroxyl groups is 1. The molecule has 1 unspecified atom stereocenters. The SMILES string of the molecule is Cc1c(C(=O)O)cc(Cl)cc1S(=O)(=O)CC(C)CO. The third-order valence-corrected chi connectivity index (χ3v) is 5.03. The first-order valence-electron chi connectivity index (χ1n) is 5.56. The van der Waals surface area contributed by atoms with Crippen LogP contribution in [0.3, 0.4) is 0 Å². The van der Waals surface area contributed by atoms with Gasteiger partial charge in [0.25, 0.3) is 0 Å². The largest absolute Gasteiger partial charge is 0.478 e. The van der Waals surface area contributed by atoms with Crippen LogP contribution in [-0.4, -0.2) is 37.0 Å². The Morgan fingerprint density at radius 3 is 2.47 bits per heavy atom. The van der Waals surface area contributed by atoms with Gasteiger partial charge in [-0.3, -0.25) is 0 Å². The number of hydrogen-bond donors (Lipinski definition) is 2. The number of benzene rings is 1. The summed E-state index contributed by atoms with van der Waals surface area (Å²) in [5, 5.41) is 18.0. The molecular weight excluding hydrogens is 292 g/mol. The van der Waals surface area contributed by atoms with E-state index in [9.17, 15) is 13.2 Å². The Bertz CT molecular complexity index is 594. The van der Waals surface area contributed by atoms with Crippen molar-refractivity contribution in [3.05, 3.63) is 28.3 Å². The molecule has 106 valence electrons. The molecule has 0 amide bonds. The number of aliphatic hydroxyl groups excluding tert-OH is 1. The van der Waals surface area contributed by atoms with E-state index in [2.05, 4.69) is 0 Å². The molecule has 0 aliphatic rings. The van der Waals surface area contributed by atoms with Crippen LogP contribution in [0.25, 0.3) is 0 Å². The lowest BCUT2D eigenvalue weighted by Gasteiger charge is -2.13. The molecule has 2 N–H and O–H groups in total. The predicted octanol–water partition coefficient (Wildman–Crippen LogP) is 1.75. The minimum Gasteiger partial charge on any atom is -0.478 e. The number of hydrogen-bond acceptors (Lipinski definition) is 4. The maximum Gasteiger partial charge on any atom is 0.336 e.